The molecule has 1 aliphatic rings. The number of halogens is 1. The van der Waals surface area contributed by atoms with Crippen molar-refractivity contribution in [3.63, 3.8) is 0 Å². The number of fused-ring (bicyclic) bond motifs is 1. The summed E-state index contributed by atoms with van der Waals surface area (Å²) in [6, 6.07) is 12.1. The van der Waals surface area contributed by atoms with Crippen molar-refractivity contribution in [1.82, 2.24) is 19.4 Å². The lowest BCUT2D eigenvalue weighted by Crippen LogP contribution is -2.47. The summed E-state index contributed by atoms with van der Waals surface area (Å²) in [5.41, 5.74) is 1.64. The third kappa shape index (κ3) is 3.02. The number of aromatic amines is 1. The van der Waals surface area contributed by atoms with E-state index in [-0.39, 0.29) is 11.5 Å². The number of nitrogens with one attached hydrogen (secondary N) is 1. The minimum Gasteiger partial charge on any atom is -0.336 e. The Labute approximate surface area is 155 Å². The van der Waals surface area contributed by atoms with Crippen molar-refractivity contribution in [3.8, 4) is 5.69 Å². The third-order valence-electron chi connectivity index (χ3n) is 4.78. The van der Waals surface area contributed by atoms with Gasteiger partial charge in [0.2, 0.25) is 0 Å². The molecular weight excluding hydrogens is 352 g/mol. The summed E-state index contributed by atoms with van der Waals surface area (Å²) in [6.45, 7) is 3.13. The first-order chi connectivity index (χ1) is 12.5. The van der Waals surface area contributed by atoms with Crippen molar-refractivity contribution in [1.29, 1.82) is 0 Å². The highest BCUT2D eigenvalue weighted by atomic mass is 35.5. The number of piperazine rings is 1. The number of hydrogen-bond donors (Lipinski definition) is 1. The first kappa shape index (κ1) is 16.9. The fourth-order valence-electron chi connectivity index (χ4n) is 3.26. The molecule has 0 aliphatic carbocycles. The maximum atomic E-state index is 12.8. The van der Waals surface area contributed by atoms with Crippen LogP contribution < -0.4 is 5.56 Å². The Hall–Kier alpha value is -2.57. The van der Waals surface area contributed by atoms with Crippen molar-refractivity contribution in [2.45, 2.75) is 0 Å². The van der Waals surface area contributed by atoms with Gasteiger partial charge in [0, 0.05) is 42.7 Å². The number of carbonyl (C=O) groups excluding carboxylic acids is 1. The first-order valence-electron chi connectivity index (χ1n) is 8.51. The summed E-state index contributed by atoms with van der Waals surface area (Å²) in [6.07, 6.45) is 0. The number of nitrogens with zero attached hydrogens (tertiary/aromatic N) is 3. The standard InChI is InChI=1S/C19H19ClN4O2/c1-22-8-10-23(11-9-22)19(26)16-12-13-2-7-17(25)24(18(13)21-16)15-5-3-14(20)4-6-15/h2-7,12,21H,8-11H2,1H3. The molecule has 3 heterocycles. The van der Waals surface area contributed by atoms with Gasteiger partial charge in [0.05, 0.1) is 5.69 Å². The molecule has 0 spiro atoms. The van der Waals surface area contributed by atoms with E-state index in [2.05, 4.69) is 16.9 Å². The molecule has 134 valence electrons. The smallest absolute Gasteiger partial charge is 0.270 e. The molecule has 1 aromatic carbocycles. The summed E-state index contributed by atoms with van der Waals surface area (Å²) in [7, 11) is 2.05. The zero-order chi connectivity index (χ0) is 18.3. The van der Waals surface area contributed by atoms with E-state index in [0.717, 1.165) is 18.5 Å². The molecule has 1 amide bonds. The molecule has 4 rings (SSSR count). The maximum Gasteiger partial charge on any atom is 0.270 e. The second-order valence-electron chi connectivity index (χ2n) is 6.57. The summed E-state index contributed by atoms with van der Waals surface area (Å²) in [5.74, 6) is -0.0376. The Morgan fingerprint density at radius 3 is 2.42 bits per heavy atom. The van der Waals surface area contributed by atoms with Crippen LogP contribution in [0.25, 0.3) is 16.7 Å². The minimum absolute atomic E-state index is 0.0376. The van der Waals surface area contributed by atoms with Crippen LogP contribution in [0, 0.1) is 0 Å². The Kier molecular flexibility index (Phi) is 4.30. The van der Waals surface area contributed by atoms with Crippen molar-refractivity contribution in [2.24, 2.45) is 0 Å². The highest BCUT2D eigenvalue weighted by Crippen LogP contribution is 2.20. The lowest BCUT2D eigenvalue weighted by atomic mass is 10.2. The largest absolute Gasteiger partial charge is 0.336 e. The monoisotopic (exact) mass is 370 g/mol. The van der Waals surface area contributed by atoms with Crippen molar-refractivity contribution in [2.75, 3.05) is 33.2 Å². The minimum atomic E-state index is -0.166. The summed E-state index contributed by atoms with van der Waals surface area (Å²) in [4.78, 5) is 32.5. The number of likely N-dealkylation sites (N-methyl/N-ethyl adjacent to an activating group) is 1. The molecule has 0 unspecified atom stereocenters. The predicted octanol–water partition coefficient (Wildman–Crippen LogP) is 2.36. The van der Waals surface area contributed by atoms with Gasteiger partial charge in [-0.15, -0.1) is 0 Å². The van der Waals surface area contributed by atoms with Crippen LogP contribution in [-0.2, 0) is 0 Å². The molecule has 0 atom stereocenters. The molecule has 0 saturated carbocycles. The molecule has 2 aromatic heterocycles. The molecular formula is C19H19ClN4O2. The van der Waals surface area contributed by atoms with Gasteiger partial charge >= 0.3 is 0 Å². The molecule has 1 saturated heterocycles. The molecule has 0 radical (unpaired) electrons. The Morgan fingerprint density at radius 2 is 1.73 bits per heavy atom. The molecule has 1 fully saturated rings. The number of hydrogen-bond acceptors (Lipinski definition) is 3. The molecule has 7 heteroatoms. The van der Waals surface area contributed by atoms with E-state index in [1.165, 1.54) is 6.07 Å². The second kappa shape index (κ2) is 6.63. The van der Waals surface area contributed by atoms with Crippen LogP contribution >= 0.6 is 11.6 Å². The third-order valence-corrected chi connectivity index (χ3v) is 5.03. The highest BCUT2D eigenvalue weighted by molar-refractivity contribution is 6.30. The van der Waals surface area contributed by atoms with Gasteiger partial charge in [0.25, 0.3) is 11.5 Å². The maximum absolute atomic E-state index is 12.8. The van der Waals surface area contributed by atoms with Gasteiger partial charge in [0.1, 0.15) is 11.3 Å². The molecule has 0 bridgehead atoms. The molecule has 1 N–H and O–H groups in total. The molecule has 26 heavy (non-hydrogen) atoms. The van der Waals surface area contributed by atoms with Crippen molar-refractivity contribution in [3.05, 3.63) is 63.5 Å². The molecule has 6 nitrogen and oxygen atoms in total. The van der Waals surface area contributed by atoms with Crippen LogP contribution in [0.15, 0.2) is 47.3 Å². The normalized spacial score (nSPS) is 15.5. The number of carbonyl (C=O) groups is 1. The van der Waals surface area contributed by atoms with Gasteiger partial charge in [-0.05, 0) is 43.4 Å². The van der Waals surface area contributed by atoms with E-state index in [0.29, 0.717) is 35.1 Å². The number of H-pyrrole nitrogens is 1. The summed E-state index contributed by atoms with van der Waals surface area (Å²) < 4.78 is 1.56. The van der Waals surface area contributed by atoms with Crippen LogP contribution in [0.1, 0.15) is 10.5 Å². The summed E-state index contributed by atoms with van der Waals surface area (Å²) >= 11 is 5.95. The van der Waals surface area contributed by atoms with E-state index in [1.54, 1.807) is 34.9 Å². The van der Waals surface area contributed by atoms with Gasteiger partial charge in [0.15, 0.2) is 0 Å². The Bertz CT molecular complexity index is 1010. The van der Waals surface area contributed by atoms with Crippen molar-refractivity contribution >= 4 is 28.5 Å². The summed E-state index contributed by atoms with van der Waals surface area (Å²) in [5, 5.41) is 1.42. The van der Waals surface area contributed by atoms with Crippen LogP contribution in [0.2, 0.25) is 5.02 Å². The lowest BCUT2D eigenvalue weighted by Gasteiger charge is -2.32. The first-order valence-corrected chi connectivity index (χ1v) is 8.89. The van der Waals surface area contributed by atoms with E-state index >= 15 is 0 Å². The van der Waals surface area contributed by atoms with E-state index < -0.39 is 0 Å². The molecule has 3 aromatic rings. The van der Waals surface area contributed by atoms with E-state index in [1.807, 2.05) is 11.0 Å². The number of pyridine rings is 1. The number of rotatable bonds is 2. The average molecular weight is 371 g/mol. The highest BCUT2D eigenvalue weighted by Gasteiger charge is 2.22. The number of aromatic nitrogens is 2. The van der Waals surface area contributed by atoms with E-state index in [9.17, 15) is 9.59 Å². The molecule has 1 aliphatic heterocycles. The van der Waals surface area contributed by atoms with Crippen LogP contribution in [0.3, 0.4) is 0 Å². The fraction of sp³-hybridized carbons (Fsp3) is 0.263. The Balaban J connectivity index is 1.76. The van der Waals surface area contributed by atoms with Gasteiger partial charge < -0.3 is 14.8 Å². The van der Waals surface area contributed by atoms with Crippen LogP contribution in [-0.4, -0.2) is 58.5 Å². The van der Waals surface area contributed by atoms with Crippen LogP contribution in [0.5, 0.6) is 0 Å². The van der Waals surface area contributed by atoms with E-state index in [4.69, 9.17) is 11.6 Å². The number of benzene rings is 1. The quantitative estimate of drug-likeness (QED) is 0.753. The van der Waals surface area contributed by atoms with Crippen molar-refractivity contribution < 1.29 is 4.79 Å². The topological polar surface area (TPSA) is 61.3 Å². The second-order valence-corrected chi connectivity index (χ2v) is 7.00. The Morgan fingerprint density at radius 1 is 1.04 bits per heavy atom. The van der Waals surface area contributed by atoms with Gasteiger partial charge in [-0.2, -0.15) is 0 Å². The van der Waals surface area contributed by atoms with Crippen LogP contribution in [0.4, 0.5) is 0 Å². The van der Waals surface area contributed by atoms with Gasteiger partial charge in [-0.1, -0.05) is 11.6 Å². The number of amides is 1. The fourth-order valence-corrected chi connectivity index (χ4v) is 3.39. The lowest BCUT2D eigenvalue weighted by molar-refractivity contribution is 0.0659. The average Bonchev–Trinajstić information content (AvgIpc) is 3.07. The SMILES string of the molecule is CN1CCN(C(=O)c2cc3ccc(=O)n(-c4ccc(Cl)cc4)c3[nH]2)CC1. The van der Waals surface area contributed by atoms with Gasteiger partial charge in [-0.25, -0.2) is 0 Å². The zero-order valence-corrected chi connectivity index (χ0v) is 15.2. The predicted molar refractivity (Wildman–Crippen MR) is 102 cm³/mol. The van der Waals surface area contributed by atoms with Gasteiger partial charge in [-0.3, -0.25) is 14.2 Å². The zero-order valence-electron chi connectivity index (χ0n) is 14.4.